The maximum absolute atomic E-state index is 12.6. The lowest BCUT2D eigenvalue weighted by molar-refractivity contribution is -0.228. The van der Waals surface area contributed by atoms with E-state index in [0.29, 0.717) is 29.9 Å². The van der Waals surface area contributed by atoms with Crippen LogP contribution in [0, 0.1) is 0 Å². The van der Waals surface area contributed by atoms with Gasteiger partial charge in [0.15, 0.2) is 16.9 Å². The van der Waals surface area contributed by atoms with Crippen molar-refractivity contribution in [2.45, 2.75) is 25.3 Å². The number of hydrogen-bond donors (Lipinski definition) is 1. The summed E-state index contributed by atoms with van der Waals surface area (Å²) in [5.41, 5.74) is 0.746. The van der Waals surface area contributed by atoms with Gasteiger partial charge in [-0.15, -0.1) is 21.5 Å². The molecule has 3 aromatic rings. The fourth-order valence-electron chi connectivity index (χ4n) is 2.84. The number of benzene rings is 1. The standard InChI is InChI=1S/C16H16F3N5O2S/c1-8(16(17,18)19)26-10-6-24(7-10)15-22-21-13(23(15)2)14-20-11-4-3-9(25)5-12(11)27-14/h3-5,8,10,25H,6-7H2,1-2H3. The molecule has 11 heteroatoms. The molecule has 2 aromatic heterocycles. The normalized spacial score (nSPS) is 16.7. The highest BCUT2D eigenvalue weighted by atomic mass is 32.1. The lowest BCUT2D eigenvalue weighted by Crippen LogP contribution is -2.55. The van der Waals surface area contributed by atoms with E-state index in [9.17, 15) is 18.3 Å². The number of aromatic hydroxyl groups is 1. The van der Waals surface area contributed by atoms with Gasteiger partial charge in [0.05, 0.1) is 16.3 Å². The number of thiazole rings is 1. The quantitative estimate of drug-likeness (QED) is 0.727. The second kappa shape index (κ2) is 6.34. The van der Waals surface area contributed by atoms with Crippen molar-refractivity contribution in [3.05, 3.63) is 18.2 Å². The van der Waals surface area contributed by atoms with E-state index >= 15 is 0 Å². The fraction of sp³-hybridized carbons (Fsp3) is 0.438. The molecule has 1 unspecified atom stereocenters. The van der Waals surface area contributed by atoms with Crippen LogP contribution >= 0.6 is 11.3 Å². The summed E-state index contributed by atoms with van der Waals surface area (Å²) in [7, 11) is 1.78. The molecule has 7 nitrogen and oxygen atoms in total. The molecule has 1 N–H and O–H groups in total. The SMILES string of the molecule is CC(OC1CN(c2nnc(-c3nc4ccc(O)cc4s3)n2C)C1)C(F)(F)F. The van der Waals surface area contributed by atoms with Crippen molar-refractivity contribution in [2.75, 3.05) is 18.0 Å². The van der Waals surface area contributed by atoms with Crippen molar-refractivity contribution in [3.63, 3.8) is 0 Å². The van der Waals surface area contributed by atoms with E-state index in [0.717, 1.165) is 17.1 Å². The molecule has 1 saturated heterocycles. The molecule has 144 valence electrons. The number of nitrogens with zero attached hydrogens (tertiary/aromatic N) is 5. The smallest absolute Gasteiger partial charge is 0.414 e. The van der Waals surface area contributed by atoms with Crippen LogP contribution in [0.3, 0.4) is 0 Å². The zero-order chi connectivity index (χ0) is 19.3. The minimum Gasteiger partial charge on any atom is -0.508 e. The van der Waals surface area contributed by atoms with Crippen LogP contribution in [0.15, 0.2) is 18.2 Å². The van der Waals surface area contributed by atoms with E-state index in [-0.39, 0.29) is 5.75 Å². The number of phenolic OH excluding ortho intramolecular Hbond substituents is 1. The maximum Gasteiger partial charge on any atom is 0.414 e. The maximum atomic E-state index is 12.6. The Labute approximate surface area is 156 Å². The van der Waals surface area contributed by atoms with Gasteiger partial charge in [0.25, 0.3) is 0 Å². The van der Waals surface area contributed by atoms with E-state index in [1.165, 1.54) is 11.3 Å². The first-order valence-electron chi connectivity index (χ1n) is 8.19. The Morgan fingerprint density at radius 1 is 1.30 bits per heavy atom. The zero-order valence-corrected chi connectivity index (χ0v) is 15.3. The van der Waals surface area contributed by atoms with Crippen LogP contribution in [-0.4, -0.2) is 56.3 Å². The van der Waals surface area contributed by atoms with Crippen molar-refractivity contribution >= 4 is 27.5 Å². The number of fused-ring (bicyclic) bond motifs is 1. The lowest BCUT2D eigenvalue weighted by Gasteiger charge is -2.40. The summed E-state index contributed by atoms with van der Waals surface area (Å²) in [4.78, 5) is 6.31. The number of ether oxygens (including phenoxy) is 1. The van der Waals surface area contributed by atoms with Crippen molar-refractivity contribution in [1.82, 2.24) is 19.7 Å². The molecular weight excluding hydrogens is 383 g/mol. The molecule has 3 heterocycles. The average molecular weight is 399 g/mol. The minimum absolute atomic E-state index is 0.163. The number of aromatic nitrogens is 4. The molecule has 4 rings (SSSR count). The molecule has 0 spiro atoms. The summed E-state index contributed by atoms with van der Waals surface area (Å²) in [5, 5.41) is 18.5. The van der Waals surface area contributed by atoms with Gasteiger partial charge in [0, 0.05) is 20.1 Å². The summed E-state index contributed by atoms with van der Waals surface area (Å²) < 4.78 is 45.3. The zero-order valence-electron chi connectivity index (χ0n) is 14.4. The highest BCUT2D eigenvalue weighted by Gasteiger charge is 2.41. The number of hydrogen-bond acceptors (Lipinski definition) is 7. The number of halogens is 3. The Morgan fingerprint density at radius 2 is 2.04 bits per heavy atom. The summed E-state index contributed by atoms with van der Waals surface area (Å²) in [6, 6.07) is 4.92. The lowest BCUT2D eigenvalue weighted by atomic mass is 10.2. The molecule has 0 bridgehead atoms. The molecule has 0 aliphatic carbocycles. The summed E-state index contributed by atoms with van der Waals surface area (Å²) in [5.74, 6) is 1.27. The highest BCUT2D eigenvalue weighted by Crippen LogP contribution is 2.33. The van der Waals surface area contributed by atoms with Gasteiger partial charge in [-0.05, 0) is 25.1 Å². The molecule has 1 aromatic carbocycles. The van der Waals surface area contributed by atoms with Crippen LogP contribution in [0.5, 0.6) is 5.75 Å². The van der Waals surface area contributed by atoms with Gasteiger partial charge < -0.3 is 14.7 Å². The molecule has 1 atom stereocenters. The number of rotatable bonds is 4. The van der Waals surface area contributed by atoms with Crippen LogP contribution in [0.1, 0.15) is 6.92 Å². The first-order valence-corrected chi connectivity index (χ1v) is 9.00. The first kappa shape index (κ1) is 18.0. The highest BCUT2D eigenvalue weighted by molar-refractivity contribution is 7.21. The summed E-state index contributed by atoms with van der Waals surface area (Å²) >= 11 is 1.38. The number of anilines is 1. The predicted octanol–water partition coefficient (Wildman–Crippen LogP) is 2.95. The Kier molecular flexibility index (Phi) is 4.22. The Morgan fingerprint density at radius 3 is 2.74 bits per heavy atom. The number of alkyl halides is 3. The molecule has 27 heavy (non-hydrogen) atoms. The van der Waals surface area contributed by atoms with Crippen molar-refractivity contribution < 1.29 is 23.0 Å². The Bertz CT molecular complexity index is 980. The van der Waals surface area contributed by atoms with E-state index in [1.807, 2.05) is 4.90 Å². The van der Waals surface area contributed by atoms with Gasteiger partial charge in [-0.3, -0.25) is 4.57 Å². The molecular formula is C16H16F3N5O2S. The third kappa shape index (κ3) is 3.32. The molecule has 1 fully saturated rings. The molecule has 1 aliphatic rings. The summed E-state index contributed by atoms with van der Waals surface area (Å²) in [6.07, 6.45) is -6.65. The van der Waals surface area contributed by atoms with Crippen LogP contribution < -0.4 is 4.90 Å². The monoisotopic (exact) mass is 399 g/mol. The van der Waals surface area contributed by atoms with E-state index in [4.69, 9.17) is 4.74 Å². The third-order valence-corrected chi connectivity index (χ3v) is 5.42. The predicted molar refractivity (Wildman–Crippen MR) is 93.9 cm³/mol. The Hall–Kier alpha value is -2.40. The second-order valence-corrected chi connectivity index (χ2v) is 7.43. The van der Waals surface area contributed by atoms with Crippen LogP contribution in [0.25, 0.3) is 21.0 Å². The van der Waals surface area contributed by atoms with Gasteiger partial charge >= 0.3 is 6.18 Å². The van der Waals surface area contributed by atoms with Crippen molar-refractivity contribution in [3.8, 4) is 16.6 Å². The van der Waals surface area contributed by atoms with Gasteiger partial charge in [-0.1, -0.05) is 0 Å². The topological polar surface area (TPSA) is 76.3 Å². The van der Waals surface area contributed by atoms with E-state index < -0.39 is 18.4 Å². The largest absolute Gasteiger partial charge is 0.508 e. The van der Waals surface area contributed by atoms with Gasteiger partial charge in [-0.2, -0.15) is 13.2 Å². The van der Waals surface area contributed by atoms with E-state index in [1.54, 1.807) is 29.8 Å². The number of phenols is 1. The van der Waals surface area contributed by atoms with Crippen LogP contribution in [0.2, 0.25) is 0 Å². The average Bonchev–Trinajstić information content (AvgIpc) is 3.12. The fourth-order valence-corrected chi connectivity index (χ4v) is 3.86. The van der Waals surface area contributed by atoms with E-state index in [2.05, 4.69) is 15.2 Å². The molecule has 0 saturated carbocycles. The first-order chi connectivity index (χ1) is 12.7. The van der Waals surface area contributed by atoms with Crippen molar-refractivity contribution in [2.24, 2.45) is 7.05 Å². The van der Waals surface area contributed by atoms with Gasteiger partial charge in [-0.25, -0.2) is 4.98 Å². The van der Waals surface area contributed by atoms with Crippen molar-refractivity contribution in [1.29, 1.82) is 0 Å². The minimum atomic E-state index is -4.36. The van der Waals surface area contributed by atoms with Gasteiger partial charge in [0.2, 0.25) is 5.95 Å². The third-order valence-electron chi connectivity index (χ3n) is 4.40. The van der Waals surface area contributed by atoms with Crippen LogP contribution in [0.4, 0.5) is 19.1 Å². The molecule has 0 radical (unpaired) electrons. The second-order valence-electron chi connectivity index (χ2n) is 6.40. The Balaban J connectivity index is 1.48. The van der Waals surface area contributed by atoms with Gasteiger partial charge in [0.1, 0.15) is 5.75 Å². The molecule has 1 aliphatic heterocycles. The van der Waals surface area contributed by atoms with Crippen LogP contribution in [-0.2, 0) is 11.8 Å². The summed E-state index contributed by atoms with van der Waals surface area (Å²) in [6.45, 7) is 1.65. The molecule has 0 amide bonds.